The molecule has 1 aliphatic rings. The number of nitrogens with one attached hydrogen (secondary N) is 4. The Morgan fingerprint density at radius 3 is 2.25 bits per heavy atom. The highest BCUT2D eigenvalue weighted by atomic mass is 16.2. The van der Waals surface area contributed by atoms with E-state index in [4.69, 9.17) is 0 Å². The SMILES string of the molecule is CC(C)C(=O)Nc1cccc(NCC(=O)Nc2cccc(C(=O)NC3CCCCC3)c2)c1. The van der Waals surface area contributed by atoms with Crippen molar-refractivity contribution in [3.05, 3.63) is 54.1 Å². The molecule has 0 spiro atoms. The Morgan fingerprint density at radius 1 is 0.875 bits per heavy atom. The van der Waals surface area contributed by atoms with E-state index in [1.165, 1.54) is 6.42 Å². The van der Waals surface area contributed by atoms with Crippen LogP contribution in [0.1, 0.15) is 56.3 Å². The Bertz CT molecular complexity index is 952. The van der Waals surface area contributed by atoms with Crippen molar-refractivity contribution in [1.29, 1.82) is 0 Å². The number of carbonyl (C=O) groups excluding carboxylic acids is 3. The van der Waals surface area contributed by atoms with Crippen LogP contribution in [0.2, 0.25) is 0 Å². The summed E-state index contributed by atoms with van der Waals surface area (Å²) in [5.41, 5.74) is 2.51. The van der Waals surface area contributed by atoms with Crippen LogP contribution in [0.4, 0.5) is 17.1 Å². The number of hydrogen-bond donors (Lipinski definition) is 4. The highest BCUT2D eigenvalue weighted by Gasteiger charge is 2.17. The fourth-order valence-corrected chi connectivity index (χ4v) is 3.63. The van der Waals surface area contributed by atoms with Crippen molar-refractivity contribution in [2.75, 3.05) is 22.5 Å². The number of benzene rings is 2. The molecule has 1 saturated carbocycles. The Labute approximate surface area is 189 Å². The van der Waals surface area contributed by atoms with Gasteiger partial charge in [0.05, 0.1) is 6.54 Å². The van der Waals surface area contributed by atoms with Crippen LogP contribution >= 0.6 is 0 Å². The quantitative estimate of drug-likeness (QED) is 0.493. The first-order chi connectivity index (χ1) is 15.4. The monoisotopic (exact) mass is 436 g/mol. The van der Waals surface area contributed by atoms with E-state index in [1.807, 2.05) is 26.0 Å². The van der Waals surface area contributed by atoms with Gasteiger partial charge in [0.2, 0.25) is 11.8 Å². The molecule has 2 aromatic rings. The van der Waals surface area contributed by atoms with E-state index in [0.717, 1.165) is 31.4 Å². The van der Waals surface area contributed by atoms with Crippen LogP contribution in [0.3, 0.4) is 0 Å². The van der Waals surface area contributed by atoms with Gasteiger partial charge in [-0.3, -0.25) is 14.4 Å². The Kier molecular flexibility index (Phi) is 8.25. The number of anilines is 3. The zero-order valence-electron chi connectivity index (χ0n) is 18.7. The maximum Gasteiger partial charge on any atom is 0.251 e. The van der Waals surface area contributed by atoms with E-state index >= 15 is 0 Å². The first-order valence-electron chi connectivity index (χ1n) is 11.3. The lowest BCUT2D eigenvalue weighted by molar-refractivity contribution is -0.119. The highest BCUT2D eigenvalue weighted by Crippen LogP contribution is 2.19. The van der Waals surface area contributed by atoms with Gasteiger partial charge in [0.1, 0.15) is 0 Å². The van der Waals surface area contributed by atoms with Gasteiger partial charge in [-0.05, 0) is 49.2 Å². The zero-order chi connectivity index (χ0) is 22.9. The summed E-state index contributed by atoms with van der Waals surface area (Å²) in [5.74, 6) is -0.511. The summed E-state index contributed by atoms with van der Waals surface area (Å²) >= 11 is 0. The smallest absolute Gasteiger partial charge is 0.251 e. The maximum absolute atomic E-state index is 12.5. The van der Waals surface area contributed by atoms with E-state index < -0.39 is 0 Å². The Balaban J connectivity index is 1.51. The molecule has 170 valence electrons. The summed E-state index contributed by atoms with van der Waals surface area (Å²) in [4.78, 5) is 36.8. The molecule has 3 rings (SSSR count). The minimum absolute atomic E-state index is 0.0556. The lowest BCUT2D eigenvalue weighted by atomic mass is 9.95. The summed E-state index contributed by atoms with van der Waals surface area (Å²) in [6.45, 7) is 3.72. The largest absolute Gasteiger partial charge is 0.376 e. The average Bonchev–Trinajstić information content (AvgIpc) is 2.79. The van der Waals surface area contributed by atoms with Crippen molar-refractivity contribution in [2.45, 2.75) is 52.0 Å². The molecule has 7 heteroatoms. The third kappa shape index (κ3) is 7.11. The molecule has 1 aliphatic carbocycles. The second-order valence-corrected chi connectivity index (χ2v) is 8.52. The Morgan fingerprint density at radius 2 is 1.53 bits per heavy atom. The van der Waals surface area contributed by atoms with E-state index in [-0.39, 0.29) is 36.2 Å². The third-order valence-electron chi connectivity index (χ3n) is 5.46. The molecule has 0 aliphatic heterocycles. The lowest BCUT2D eigenvalue weighted by Crippen LogP contribution is -2.36. The molecule has 32 heavy (non-hydrogen) atoms. The molecule has 0 aromatic heterocycles. The fourth-order valence-electron chi connectivity index (χ4n) is 3.63. The van der Waals surface area contributed by atoms with Gasteiger partial charge in [-0.25, -0.2) is 0 Å². The van der Waals surface area contributed by atoms with Crippen molar-refractivity contribution < 1.29 is 14.4 Å². The van der Waals surface area contributed by atoms with Crippen molar-refractivity contribution >= 4 is 34.8 Å². The molecule has 0 atom stereocenters. The summed E-state index contributed by atoms with van der Waals surface area (Å²) in [5, 5.41) is 11.8. The number of rotatable bonds is 8. The van der Waals surface area contributed by atoms with Gasteiger partial charge in [0, 0.05) is 34.6 Å². The predicted molar refractivity (Wildman–Crippen MR) is 128 cm³/mol. The molecule has 0 saturated heterocycles. The van der Waals surface area contributed by atoms with Gasteiger partial charge in [-0.2, -0.15) is 0 Å². The normalized spacial score (nSPS) is 14.0. The molecule has 2 aromatic carbocycles. The van der Waals surface area contributed by atoms with E-state index in [1.54, 1.807) is 36.4 Å². The van der Waals surface area contributed by atoms with Crippen LogP contribution in [0.5, 0.6) is 0 Å². The Hall–Kier alpha value is -3.35. The molecule has 3 amide bonds. The molecule has 0 radical (unpaired) electrons. The first kappa shape index (κ1) is 23.3. The van der Waals surface area contributed by atoms with Crippen LogP contribution in [0, 0.1) is 5.92 Å². The summed E-state index contributed by atoms with van der Waals surface area (Å²) in [6.07, 6.45) is 5.59. The first-order valence-corrected chi connectivity index (χ1v) is 11.3. The maximum atomic E-state index is 12.5. The number of amides is 3. The minimum Gasteiger partial charge on any atom is -0.376 e. The van der Waals surface area contributed by atoms with E-state index in [2.05, 4.69) is 21.3 Å². The standard InChI is InChI=1S/C25H32N4O3/c1-17(2)24(31)29-22-13-7-11-20(15-22)26-16-23(30)27-21-12-6-8-18(14-21)25(32)28-19-9-4-3-5-10-19/h6-8,11-15,17,19,26H,3-5,9-10,16H2,1-2H3,(H,27,30)(H,28,32)(H,29,31). The molecule has 7 nitrogen and oxygen atoms in total. The second-order valence-electron chi connectivity index (χ2n) is 8.52. The van der Waals surface area contributed by atoms with Gasteiger partial charge < -0.3 is 21.3 Å². The molecule has 0 heterocycles. The molecule has 0 unspecified atom stereocenters. The van der Waals surface area contributed by atoms with Gasteiger partial charge in [-0.1, -0.05) is 45.2 Å². The fraction of sp³-hybridized carbons (Fsp3) is 0.400. The van der Waals surface area contributed by atoms with Crippen molar-refractivity contribution in [2.24, 2.45) is 5.92 Å². The predicted octanol–water partition coefficient (Wildman–Crippen LogP) is 4.39. The molecular weight excluding hydrogens is 404 g/mol. The van der Waals surface area contributed by atoms with Crippen LogP contribution < -0.4 is 21.3 Å². The van der Waals surface area contributed by atoms with Crippen molar-refractivity contribution in [3.63, 3.8) is 0 Å². The van der Waals surface area contributed by atoms with Crippen LogP contribution in [0.25, 0.3) is 0 Å². The van der Waals surface area contributed by atoms with E-state index in [9.17, 15) is 14.4 Å². The minimum atomic E-state index is -0.230. The van der Waals surface area contributed by atoms with Gasteiger partial charge >= 0.3 is 0 Å². The van der Waals surface area contributed by atoms with Crippen molar-refractivity contribution in [1.82, 2.24) is 5.32 Å². The summed E-state index contributed by atoms with van der Waals surface area (Å²) < 4.78 is 0. The van der Waals surface area contributed by atoms with Crippen LogP contribution in [-0.2, 0) is 9.59 Å². The molecule has 1 fully saturated rings. The van der Waals surface area contributed by atoms with Crippen LogP contribution in [-0.4, -0.2) is 30.3 Å². The third-order valence-corrected chi connectivity index (χ3v) is 5.46. The van der Waals surface area contributed by atoms with Gasteiger partial charge in [0.25, 0.3) is 5.91 Å². The number of hydrogen-bond acceptors (Lipinski definition) is 4. The molecule has 4 N–H and O–H groups in total. The summed E-state index contributed by atoms with van der Waals surface area (Å²) in [7, 11) is 0. The lowest BCUT2D eigenvalue weighted by Gasteiger charge is -2.22. The van der Waals surface area contributed by atoms with E-state index in [0.29, 0.717) is 16.9 Å². The highest BCUT2D eigenvalue weighted by molar-refractivity contribution is 5.98. The topological polar surface area (TPSA) is 99.3 Å². The van der Waals surface area contributed by atoms with Crippen LogP contribution in [0.15, 0.2) is 48.5 Å². The van der Waals surface area contributed by atoms with Gasteiger partial charge in [-0.15, -0.1) is 0 Å². The van der Waals surface area contributed by atoms with Crippen molar-refractivity contribution in [3.8, 4) is 0 Å². The second kappa shape index (κ2) is 11.3. The molecular formula is C25H32N4O3. The zero-order valence-corrected chi connectivity index (χ0v) is 18.7. The molecule has 0 bridgehead atoms. The average molecular weight is 437 g/mol. The summed E-state index contributed by atoms with van der Waals surface area (Å²) in [6, 6.07) is 14.4. The van der Waals surface area contributed by atoms with Gasteiger partial charge in [0.15, 0.2) is 0 Å². The number of carbonyl (C=O) groups is 3.